The van der Waals surface area contributed by atoms with Crippen molar-refractivity contribution in [3.8, 4) is 0 Å². The van der Waals surface area contributed by atoms with Crippen molar-refractivity contribution >= 4 is 11.5 Å². The van der Waals surface area contributed by atoms with Gasteiger partial charge in [-0.1, -0.05) is 17.7 Å². The second-order valence-corrected chi connectivity index (χ2v) is 4.38. The summed E-state index contributed by atoms with van der Waals surface area (Å²) in [5, 5.41) is 0. The Morgan fingerprint density at radius 1 is 1.06 bits per heavy atom. The predicted octanol–water partition coefficient (Wildman–Crippen LogP) is 3.26. The molecule has 0 aliphatic rings. The maximum absolute atomic E-state index is 13.2. The molecule has 2 N–H and O–H groups in total. The lowest BCUT2D eigenvalue weighted by atomic mass is 9.97. The lowest BCUT2D eigenvalue weighted by Gasteiger charge is -2.08. The van der Waals surface area contributed by atoms with E-state index in [1.54, 1.807) is 25.1 Å². The lowest BCUT2D eigenvalue weighted by Crippen LogP contribution is -2.08. The van der Waals surface area contributed by atoms with E-state index in [1.807, 2.05) is 13.0 Å². The van der Waals surface area contributed by atoms with Gasteiger partial charge in [-0.25, -0.2) is 4.39 Å². The standard InChI is InChI=1S/C15H14FNO/c1-9-3-6-14(17)13(7-9)15(18)12-8-11(16)5-4-10(12)2/h3-8H,17H2,1-2H3. The molecular weight excluding hydrogens is 229 g/mol. The second-order valence-electron chi connectivity index (χ2n) is 4.38. The van der Waals surface area contributed by atoms with Crippen LogP contribution in [-0.2, 0) is 0 Å². The first kappa shape index (κ1) is 12.3. The zero-order valence-corrected chi connectivity index (χ0v) is 10.3. The summed E-state index contributed by atoms with van der Waals surface area (Å²) in [5.74, 6) is -0.664. The molecule has 0 aliphatic heterocycles. The molecule has 0 heterocycles. The quantitative estimate of drug-likeness (QED) is 0.650. The van der Waals surface area contributed by atoms with Crippen LogP contribution in [0.1, 0.15) is 27.0 Å². The minimum atomic E-state index is -0.421. The van der Waals surface area contributed by atoms with Crippen LogP contribution in [0.15, 0.2) is 36.4 Å². The molecule has 92 valence electrons. The number of carbonyl (C=O) groups is 1. The topological polar surface area (TPSA) is 43.1 Å². The van der Waals surface area contributed by atoms with Crippen molar-refractivity contribution in [2.24, 2.45) is 0 Å². The fraction of sp³-hybridized carbons (Fsp3) is 0.133. The molecule has 0 fully saturated rings. The minimum Gasteiger partial charge on any atom is -0.398 e. The minimum absolute atomic E-state index is 0.242. The van der Waals surface area contributed by atoms with Gasteiger partial charge in [-0.15, -0.1) is 0 Å². The molecule has 0 unspecified atom stereocenters. The van der Waals surface area contributed by atoms with Crippen LogP contribution < -0.4 is 5.73 Å². The average molecular weight is 243 g/mol. The number of ketones is 1. The molecule has 18 heavy (non-hydrogen) atoms. The van der Waals surface area contributed by atoms with Crippen LogP contribution in [0.2, 0.25) is 0 Å². The SMILES string of the molecule is Cc1ccc(N)c(C(=O)c2cc(F)ccc2C)c1. The van der Waals surface area contributed by atoms with Gasteiger partial charge in [0.15, 0.2) is 5.78 Å². The maximum atomic E-state index is 13.2. The van der Waals surface area contributed by atoms with E-state index < -0.39 is 5.82 Å². The van der Waals surface area contributed by atoms with Gasteiger partial charge in [-0.2, -0.15) is 0 Å². The Morgan fingerprint density at radius 2 is 1.78 bits per heavy atom. The largest absolute Gasteiger partial charge is 0.398 e. The van der Waals surface area contributed by atoms with Gasteiger partial charge in [0.2, 0.25) is 0 Å². The third kappa shape index (κ3) is 2.25. The predicted molar refractivity (Wildman–Crippen MR) is 70.2 cm³/mol. The summed E-state index contributed by atoms with van der Waals surface area (Å²) in [6.45, 7) is 3.66. The van der Waals surface area contributed by atoms with Gasteiger partial charge in [-0.3, -0.25) is 4.79 Å². The van der Waals surface area contributed by atoms with Crippen molar-refractivity contribution in [2.75, 3.05) is 5.73 Å². The van der Waals surface area contributed by atoms with Gasteiger partial charge < -0.3 is 5.73 Å². The molecule has 0 aromatic heterocycles. The number of benzene rings is 2. The Labute approximate surface area is 105 Å². The van der Waals surface area contributed by atoms with E-state index in [4.69, 9.17) is 5.73 Å². The first-order chi connectivity index (χ1) is 8.49. The lowest BCUT2D eigenvalue weighted by molar-refractivity contribution is 0.103. The Bertz CT molecular complexity index is 566. The van der Waals surface area contributed by atoms with E-state index in [-0.39, 0.29) is 5.78 Å². The molecule has 0 bridgehead atoms. The summed E-state index contributed by atoms with van der Waals surface area (Å²) in [5.41, 5.74) is 8.67. The van der Waals surface area contributed by atoms with Gasteiger partial charge >= 0.3 is 0 Å². The van der Waals surface area contributed by atoms with E-state index in [0.29, 0.717) is 16.8 Å². The van der Waals surface area contributed by atoms with Crippen LogP contribution in [0.4, 0.5) is 10.1 Å². The number of nitrogen functional groups attached to an aromatic ring is 1. The number of carbonyl (C=O) groups excluding carboxylic acids is 1. The number of hydrogen-bond acceptors (Lipinski definition) is 2. The second kappa shape index (κ2) is 4.61. The molecule has 2 rings (SSSR count). The highest BCUT2D eigenvalue weighted by atomic mass is 19.1. The summed E-state index contributed by atoms with van der Waals surface area (Å²) in [6.07, 6.45) is 0. The van der Waals surface area contributed by atoms with Gasteiger partial charge in [0.1, 0.15) is 5.82 Å². The van der Waals surface area contributed by atoms with Crippen LogP contribution in [-0.4, -0.2) is 5.78 Å². The van der Waals surface area contributed by atoms with Crippen molar-refractivity contribution in [1.82, 2.24) is 0 Å². The molecule has 0 radical (unpaired) electrons. The van der Waals surface area contributed by atoms with Crippen LogP contribution in [0.5, 0.6) is 0 Å². The number of rotatable bonds is 2. The Morgan fingerprint density at radius 3 is 2.50 bits per heavy atom. The fourth-order valence-electron chi connectivity index (χ4n) is 1.85. The monoisotopic (exact) mass is 243 g/mol. The molecular formula is C15H14FNO. The molecule has 0 atom stereocenters. The van der Waals surface area contributed by atoms with Gasteiger partial charge in [0.05, 0.1) is 0 Å². The zero-order chi connectivity index (χ0) is 13.3. The van der Waals surface area contributed by atoms with Crippen molar-refractivity contribution in [1.29, 1.82) is 0 Å². The Kier molecular flexibility index (Phi) is 3.15. The van der Waals surface area contributed by atoms with Gasteiger partial charge in [-0.05, 0) is 43.7 Å². The molecule has 3 heteroatoms. The highest BCUT2D eigenvalue weighted by Crippen LogP contribution is 2.21. The first-order valence-electron chi connectivity index (χ1n) is 5.66. The molecule has 0 saturated carbocycles. The summed E-state index contributed by atoms with van der Waals surface area (Å²) in [6, 6.07) is 9.43. The number of aryl methyl sites for hydroxylation is 2. The van der Waals surface area contributed by atoms with E-state index in [2.05, 4.69) is 0 Å². The third-order valence-corrected chi connectivity index (χ3v) is 2.90. The average Bonchev–Trinajstić information content (AvgIpc) is 2.34. The van der Waals surface area contributed by atoms with Crippen molar-refractivity contribution in [3.05, 3.63) is 64.5 Å². The summed E-state index contributed by atoms with van der Waals surface area (Å²) >= 11 is 0. The van der Waals surface area contributed by atoms with E-state index >= 15 is 0 Å². The van der Waals surface area contributed by atoms with Crippen molar-refractivity contribution < 1.29 is 9.18 Å². The van der Waals surface area contributed by atoms with E-state index in [1.165, 1.54) is 12.1 Å². The number of hydrogen-bond donors (Lipinski definition) is 1. The molecule has 0 saturated heterocycles. The van der Waals surface area contributed by atoms with Crippen LogP contribution in [0, 0.1) is 19.7 Å². The molecule has 0 spiro atoms. The Hall–Kier alpha value is -2.16. The first-order valence-corrected chi connectivity index (χ1v) is 5.66. The number of halogens is 1. The molecule has 0 amide bonds. The number of anilines is 1. The van der Waals surface area contributed by atoms with Gasteiger partial charge in [0.25, 0.3) is 0 Å². The summed E-state index contributed by atoms with van der Waals surface area (Å²) in [4.78, 5) is 12.3. The van der Waals surface area contributed by atoms with Gasteiger partial charge in [0, 0.05) is 16.8 Å². The maximum Gasteiger partial charge on any atom is 0.195 e. The molecule has 2 aromatic rings. The van der Waals surface area contributed by atoms with E-state index in [9.17, 15) is 9.18 Å². The van der Waals surface area contributed by atoms with Crippen LogP contribution in [0.25, 0.3) is 0 Å². The highest BCUT2D eigenvalue weighted by molar-refractivity contribution is 6.12. The summed E-state index contributed by atoms with van der Waals surface area (Å²) in [7, 11) is 0. The molecule has 2 aromatic carbocycles. The van der Waals surface area contributed by atoms with Crippen LogP contribution >= 0.6 is 0 Å². The Balaban J connectivity index is 2.54. The molecule has 0 aliphatic carbocycles. The fourth-order valence-corrected chi connectivity index (χ4v) is 1.85. The third-order valence-electron chi connectivity index (χ3n) is 2.90. The number of nitrogens with two attached hydrogens (primary N) is 1. The van der Waals surface area contributed by atoms with E-state index in [0.717, 1.165) is 11.1 Å². The molecule has 2 nitrogen and oxygen atoms in total. The van der Waals surface area contributed by atoms with Crippen molar-refractivity contribution in [3.63, 3.8) is 0 Å². The van der Waals surface area contributed by atoms with Crippen LogP contribution in [0.3, 0.4) is 0 Å². The summed E-state index contributed by atoms with van der Waals surface area (Å²) < 4.78 is 13.2. The van der Waals surface area contributed by atoms with Crippen molar-refractivity contribution in [2.45, 2.75) is 13.8 Å². The highest BCUT2D eigenvalue weighted by Gasteiger charge is 2.15. The normalized spacial score (nSPS) is 10.4. The zero-order valence-electron chi connectivity index (χ0n) is 10.3. The smallest absolute Gasteiger partial charge is 0.195 e.